The van der Waals surface area contributed by atoms with E-state index >= 15 is 0 Å². The molecule has 1 aliphatic heterocycles. The highest BCUT2D eigenvalue weighted by Crippen LogP contribution is 2.39. The number of halogens is 1. The third-order valence-electron chi connectivity index (χ3n) is 5.70. The summed E-state index contributed by atoms with van der Waals surface area (Å²) in [5.41, 5.74) is 3.31. The number of benzene rings is 1. The van der Waals surface area contributed by atoms with Gasteiger partial charge in [-0.1, -0.05) is 18.2 Å². The first-order chi connectivity index (χ1) is 15.9. The van der Waals surface area contributed by atoms with Crippen molar-refractivity contribution in [3.05, 3.63) is 59.9 Å². The van der Waals surface area contributed by atoms with Crippen molar-refractivity contribution in [1.29, 1.82) is 0 Å². The van der Waals surface area contributed by atoms with Crippen molar-refractivity contribution in [2.45, 2.75) is 19.1 Å². The van der Waals surface area contributed by atoms with E-state index in [-0.39, 0.29) is 31.1 Å². The second-order valence-electron chi connectivity index (χ2n) is 8.06. The number of hydrogen-bond donors (Lipinski definition) is 4. The van der Waals surface area contributed by atoms with Crippen molar-refractivity contribution in [3.8, 4) is 11.3 Å². The molecule has 1 saturated carbocycles. The number of nitrogens with zero attached hydrogens (tertiary/aromatic N) is 2. The average Bonchev–Trinajstić information content (AvgIpc) is 3.42. The van der Waals surface area contributed by atoms with Crippen LogP contribution in [0, 0.1) is 5.92 Å². The molecule has 0 saturated heterocycles. The lowest BCUT2D eigenvalue weighted by Gasteiger charge is -2.23. The molecule has 2 atom stereocenters. The molecule has 5 rings (SSSR count). The van der Waals surface area contributed by atoms with Gasteiger partial charge < -0.3 is 20.7 Å². The second-order valence-corrected chi connectivity index (χ2v) is 8.06. The van der Waals surface area contributed by atoms with Crippen molar-refractivity contribution in [2.24, 2.45) is 5.92 Å². The van der Waals surface area contributed by atoms with Crippen LogP contribution in [0.25, 0.3) is 11.3 Å². The molecule has 1 fully saturated rings. The number of alkyl halides is 1. The van der Waals surface area contributed by atoms with Crippen LogP contribution in [0.2, 0.25) is 0 Å². The van der Waals surface area contributed by atoms with Gasteiger partial charge in [0.25, 0.3) is 0 Å². The Bertz CT molecular complexity index is 1260. The minimum absolute atomic E-state index is 0.0358. The molecule has 9 nitrogen and oxygen atoms in total. The highest BCUT2D eigenvalue weighted by molar-refractivity contribution is 6.09. The Kier molecular flexibility index (Phi) is 5.04. The van der Waals surface area contributed by atoms with Gasteiger partial charge in [0.15, 0.2) is 5.78 Å². The Hall–Kier alpha value is -4.21. The molecule has 0 unspecified atom stereocenters. The number of carbonyl (C=O) groups is 3. The molecule has 2 aliphatic rings. The molecule has 3 aromatic rings. The van der Waals surface area contributed by atoms with E-state index in [4.69, 9.17) is 0 Å². The van der Waals surface area contributed by atoms with Crippen LogP contribution in [0.1, 0.15) is 22.5 Å². The zero-order chi connectivity index (χ0) is 23.1. The fourth-order valence-corrected chi connectivity index (χ4v) is 3.93. The van der Waals surface area contributed by atoms with Gasteiger partial charge in [-0.2, -0.15) is 0 Å². The van der Waals surface area contributed by atoms with Gasteiger partial charge in [0.05, 0.1) is 36.0 Å². The molecular weight excluding hydrogens is 429 g/mol. The molecule has 0 radical (unpaired) electrons. The number of ketones is 1. The Morgan fingerprint density at radius 2 is 1.94 bits per heavy atom. The summed E-state index contributed by atoms with van der Waals surface area (Å²) in [5.74, 6) is -1.14. The number of Topliss-reactive ketones (excluding diaryl/α,β-unsaturated/α-hetero) is 1. The van der Waals surface area contributed by atoms with Gasteiger partial charge in [0, 0.05) is 23.1 Å². The van der Waals surface area contributed by atoms with Crippen LogP contribution < -0.4 is 10.6 Å². The minimum atomic E-state index is -1.18. The normalized spacial score (nSPS) is 19.1. The standard InChI is InChI=1S/C23H20FN5O4/c24-15-9-14(15)22(31)28-18-8-12(6-7-25-18)20-21(26-13-4-2-1-3-5-13)19-16(27-20)10-29(23(32)33)11-17(19)30/h1-8,14-15,26-27H,9-11H2,(H,32,33)(H,25,28,31)/t14-,15+/m1/s1. The summed E-state index contributed by atoms with van der Waals surface area (Å²) < 4.78 is 13.2. The van der Waals surface area contributed by atoms with E-state index < -0.39 is 24.1 Å². The first-order valence-electron chi connectivity index (χ1n) is 10.4. The Balaban J connectivity index is 1.55. The fourth-order valence-electron chi connectivity index (χ4n) is 3.93. The molecule has 1 aromatic carbocycles. The monoisotopic (exact) mass is 449 g/mol. The van der Waals surface area contributed by atoms with Crippen molar-refractivity contribution >= 4 is 35.0 Å². The molecule has 33 heavy (non-hydrogen) atoms. The van der Waals surface area contributed by atoms with E-state index in [1.54, 1.807) is 12.1 Å². The summed E-state index contributed by atoms with van der Waals surface area (Å²) in [6, 6.07) is 12.6. The van der Waals surface area contributed by atoms with Gasteiger partial charge in [-0.05, 0) is 30.7 Å². The number of hydrogen-bond acceptors (Lipinski definition) is 5. The van der Waals surface area contributed by atoms with Crippen molar-refractivity contribution < 1.29 is 23.9 Å². The van der Waals surface area contributed by atoms with E-state index in [9.17, 15) is 23.9 Å². The van der Waals surface area contributed by atoms with Gasteiger partial charge in [-0.25, -0.2) is 14.2 Å². The van der Waals surface area contributed by atoms with Gasteiger partial charge in [-0.3, -0.25) is 14.5 Å². The molecule has 4 N–H and O–H groups in total. The Labute approximate surface area is 187 Å². The molecule has 2 amide bonds. The number of anilines is 3. The number of rotatable bonds is 5. The predicted molar refractivity (Wildman–Crippen MR) is 118 cm³/mol. The van der Waals surface area contributed by atoms with E-state index in [1.807, 2.05) is 30.3 Å². The average molecular weight is 449 g/mol. The Morgan fingerprint density at radius 3 is 2.64 bits per heavy atom. The maximum atomic E-state index is 13.2. The van der Waals surface area contributed by atoms with Crippen molar-refractivity contribution in [2.75, 3.05) is 17.2 Å². The lowest BCUT2D eigenvalue weighted by atomic mass is 10.0. The van der Waals surface area contributed by atoms with E-state index in [0.717, 1.165) is 10.6 Å². The molecule has 0 bridgehead atoms. The van der Waals surface area contributed by atoms with Gasteiger partial charge in [-0.15, -0.1) is 0 Å². The highest BCUT2D eigenvalue weighted by Gasteiger charge is 2.43. The first kappa shape index (κ1) is 20.7. The number of amides is 2. The topological polar surface area (TPSA) is 127 Å². The van der Waals surface area contributed by atoms with Crippen LogP contribution in [0.3, 0.4) is 0 Å². The molecule has 3 heterocycles. The quantitative estimate of drug-likeness (QED) is 0.469. The van der Waals surface area contributed by atoms with E-state index in [0.29, 0.717) is 28.2 Å². The number of carbonyl (C=O) groups excluding carboxylic acids is 2. The molecular formula is C23H20FN5O4. The lowest BCUT2D eigenvalue weighted by Crippen LogP contribution is -2.38. The van der Waals surface area contributed by atoms with E-state index in [1.165, 1.54) is 6.20 Å². The number of H-pyrrole nitrogens is 1. The van der Waals surface area contributed by atoms with Gasteiger partial charge in [0.1, 0.15) is 12.0 Å². The summed E-state index contributed by atoms with van der Waals surface area (Å²) in [6.45, 7) is -0.208. The van der Waals surface area contributed by atoms with Crippen molar-refractivity contribution in [3.63, 3.8) is 0 Å². The Morgan fingerprint density at radius 1 is 1.18 bits per heavy atom. The summed E-state index contributed by atoms with van der Waals surface area (Å²) in [7, 11) is 0. The predicted octanol–water partition coefficient (Wildman–Crippen LogP) is 3.79. The van der Waals surface area contributed by atoms with E-state index in [2.05, 4.69) is 20.6 Å². The number of fused-ring (bicyclic) bond motifs is 1. The zero-order valence-corrected chi connectivity index (χ0v) is 17.3. The smallest absolute Gasteiger partial charge is 0.408 e. The second kappa shape index (κ2) is 8.05. The number of carboxylic acid groups (broad SMARTS) is 1. The maximum absolute atomic E-state index is 13.2. The maximum Gasteiger partial charge on any atom is 0.408 e. The van der Waals surface area contributed by atoms with Gasteiger partial charge >= 0.3 is 6.09 Å². The van der Waals surface area contributed by atoms with Crippen LogP contribution in [0.5, 0.6) is 0 Å². The number of para-hydroxylation sites is 1. The molecule has 1 aliphatic carbocycles. The minimum Gasteiger partial charge on any atom is -0.465 e. The van der Waals surface area contributed by atoms with Crippen LogP contribution in [0.15, 0.2) is 48.7 Å². The largest absolute Gasteiger partial charge is 0.465 e. The summed E-state index contributed by atoms with van der Waals surface area (Å²) in [5, 5.41) is 15.3. The summed E-state index contributed by atoms with van der Waals surface area (Å²) >= 11 is 0. The third kappa shape index (κ3) is 4.02. The number of aromatic amines is 1. The number of aromatic nitrogens is 2. The number of pyridine rings is 1. The third-order valence-corrected chi connectivity index (χ3v) is 5.70. The lowest BCUT2D eigenvalue weighted by molar-refractivity contribution is -0.117. The van der Waals surface area contributed by atoms with Crippen LogP contribution in [-0.2, 0) is 11.3 Å². The summed E-state index contributed by atoms with van der Waals surface area (Å²) in [6.07, 6.45) is -0.583. The highest BCUT2D eigenvalue weighted by atomic mass is 19.1. The molecule has 168 valence electrons. The number of nitrogens with one attached hydrogen (secondary N) is 3. The SMILES string of the molecule is O=C1CN(C(=O)O)Cc2[nH]c(-c3ccnc(NC(=O)[C@@H]4C[C@@H]4F)c3)c(Nc3ccccc3)c21. The van der Waals surface area contributed by atoms with Crippen LogP contribution in [0.4, 0.5) is 26.4 Å². The zero-order valence-electron chi connectivity index (χ0n) is 17.3. The summed E-state index contributed by atoms with van der Waals surface area (Å²) in [4.78, 5) is 44.9. The van der Waals surface area contributed by atoms with Crippen LogP contribution in [-0.4, -0.2) is 50.5 Å². The first-order valence-corrected chi connectivity index (χ1v) is 10.4. The van der Waals surface area contributed by atoms with Gasteiger partial charge in [0.2, 0.25) is 5.91 Å². The van der Waals surface area contributed by atoms with Crippen molar-refractivity contribution in [1.82, 2.24) is 14.9 Å². The molecule has 2 aromatic heterocycles. The molecule has 0 spiro atoms. The molecule has 10 heteroatoms. The fraction of sp³-hybridized carbons (Fsp3) is 0.217. The van der Waals surface area contributed by atoms with Crippen LogP contribution >= 0.6 is 0 Å².